The summed E-state index contributed by atoms with van der Waals surface area (Å²) >= 11 is 14.9. The number of hydrogen-bond acceptors (Lipinski definition) is 4. The van der Waals surface area contributed by atoms with Gasteiger partial charge in [0.05, 0.1) is 7.11 Å². The molecule has 5 heteroatoms. The highest BCUT2D eigenvalue weighted by Crippen LogP contribution is 2.17. The number of hydrogen-bond donors (Lipinski definition) is 0. The van der Waals surface area contributed by atoms with Crippen molar-refractivity contribution in [2.24, 2.45) is 5.41 Å². The minimum absolute atomic E-state index is 0.145. The van der Waals surface area contributed by atoms with Crippen LogP contribution in [0.2, 0.25) is 0 Å². The van der Waals surface area contributed by atoms with Gasteiger partial charge in [0.25, 0.3) is 0 Å². The second-order valence-electron chi connectivity index (χ2n) is 8.04. The van der Waals surface area contributed by atoms with E-state index in [9.17, 15) is 0 Å². The summed E-state index contributed by atoms with van der Waals surface area (Å²) < 4.78 is 4.72. The molecule has 27 heavy (non-hydrogen) atoms. The van der Waals surface area contributed by atoms with Crippen LogP contribution in [-0.4, -0.2) is 41.0 Å². The van der Waals surface area contributed by atoms with Gasteiger partial charge in [-0.05, 0) is 77.4 Å². The molecule has 0 aliphatic heterocycles. The topological polar surface area (TPSA) is 12.5 Å². The molecule has 2 nitrogen and oxygen atoms in total. The van der Waals surface area contributed by atoms with Crippen molar-refractivity contribution >= 4 is 51.6 Å². The summed E-state index contributed by atoms with van der Waals surface area (Å²) in [5.41, 5.74) is 3.83. The molecule has 0 aliphatic carbocycles. The molecule has 0 unspecified atom stereocenters. The smallest absolute Gasteiger partial charge is 0.183 e. The second kappa shape index (κ2) is 16.1. The highest BCUT2D eigenvalue weighted by molar-refractivity contribution is 7.81. The van der Waals surface area contributed by atoms with Crippen LogP contribution in [0.15, 0.2) is 34.9 Å². The summed E-state index contributed by atoms with van der Waals surface area (Å²) in [5, 5.41) is 0.546. The zero-order valence-corrected chi connectivity index (χ0v) is 21.8. The maximum atomic E-state index is 5.19. The molecular formula is C22H39NOS3. The minimum Gasteiger partial charge on any atom is -0.487 e. The van der Waals surface area contributed by atoms with Gasteiger partial charge in [-0.3, -0.25) is 0 Å². The van der Waals surface area contributed by atoms with Crippen molar-refractivity contribution in [3.8, 4) is 0 Å². The SMILES string of the molecule is CC(C)=CC(=S)C(C)(C)C.CC(C)=CC(=S)N(C)C.COC(=S)C=C(C)C. The van der Waals surface area contributed by atoms with Crippen molar-refractivity contribution in [3.63, 3.8) is 0 Å². The Balaban J connectivity index is -0.000000322. The van der Waals surface area contributed by atoms with E-state index in [2.05, 4.69) is 40.7 Å². The predicted molar refractivity (Wildman–Crippen MR) is 136 cm³/mol. The standard InChI is InChI=1S/C9H16S.C7H13NS.C6H10OS/c1-7(2)6-8(10)9(3,4)5;1-6(2)5-7(9)8(3)4;1-5(2)4-6(8)7-3/h6H,1-5H3;5H,1-4H3;4H,1-3H3. The Hall–Kier alpha value is -0.910. The molecule has 0 spiro atoms. The fourth-order valence-electron chi connectivity index (χ4n) is 1.15. The first-order valence-corrected chi connectivity index (χ1v) is 10.0. The number of nitrogens with zero attached hydrogens (tertiary/aromatic N) is 1. The Bertz CT molecular complexity index is 565. The zero-order valence-electron chi connectivity index (χ0n) is 19.3. The Morgan fingerprint density at radius 3 is 1.22 bits per heavy atom. The molecule has 0 heterocycles. The fourth-order valence-corrected chi connectivity index (χ4v) is 1.86. The summed E-state index contributed by atoms with van der Waals surface area (Å²) in [7, 11) is 5.46. The first-order valence-electron chi connectivity index (χ1n) is 8.82. The molecule has 0 aliphatic rings. The van der Waals surface area contributed by atoms with Crippen LogP contribution in [0.25, 0.3) is 0 Å². The van der Waals surface area contributed by atoms with Crippen LogP contribution in [0, 0.1) is 5.41 Å². The van der Waals surface area contributed by atoms with Crippen molar-refractivity contribution in [2.75, 3.05) is 21.2 Å². The Kier molecular flexibility index (Phi) is 18.3. The molecular weight excluding hydrogens is 390 g/mol. The van der Waals surface area contributed by atoms with Gasteiger partial charge in [0.2, 0.25) is 0 Å². The number of methoxy groups -OCH3 is 1. The Morgan fingerprint density at radius 2 is 1.11 bits per heavy atom. The molecule has 0 radical (unpaired) electrons. The molecule has 156 valence electrons. The van der Waals surface area contributed by atoms with Gasteiger partial charge in [-0.1, -0.05) is 61.9 Å². The summed E-state index contributed by atoms with van der Waals surface area (Å²) in [4.78, 5) is 3.84. The van der Waals surface area contributed by atoms with Crippen LogP contribution in [0.3, 0.4) is 0 Å². The molecule has 0 aromatic carbocycles. The van der Waals surface area contributed by atoms with Gasteiger partial charge < -0.3 is 9.64 Å². The van der Waals surface area contributed by atoms with Gasteiger partial charge in [-0.15, -0.1) is 0 Å². The first-order chi connectivity index (χ1) is 12.0. The van der Waals surface area contributed by atoms with Crippen molar-refractivity contribution in [1.29, 1.82) is 0 Å². The molecule has 0 amide bonds. The molecule has 0 aromatic heterocycles. The Labute approximate surface area is 184 Å². The van der Waals surface area contributed by atoms with Gasteiger partial charge in [-0.25, -0.2) is 0 Å². The molecule has 0 fully saturated rings. The van der Waals surface area contributed by atoms with E-state index in [0.29, 0.717) is 5.05 Å². The number of thiocarbonyl (C=S) groups is 3. The summed E-state index contributed by atoms with van der Waals surface area (Å²) in [5.74, 6) is 0. The van der Waals surface area contributed by atoms with Crippen molar-refractivity contribution < 1.29 is 4.74 Å². The van der Waals surface area contributed by atoms with Crippen LogP contribution >= 0.6 is 36.7 Å². The van der Waals surface area contributed by atoms with E-state index in [1.165, 1.54) is 11.1 Å². The van der Waals surface area contributed by atoms with Gasteiger partial charge in [0.15, 0.2) is 5.05 Å². The third-order valence-corrected chi connectivity index (χ3v) is 4.12. The number of rotatable bonds is 3. The average Bonchev–Trinajstić information content (AvgIpc) is 2.45. The van der Waals surface area contributed by atoms with E-state index >= 15 is 0 Å². The minimum atomic E-state index is 0.145. The van der Waals surface area contributed by atoms with Gasteiger partial charge in [-0.2, -0.15) is 0 Å². The number of ether oxygens (including phenoxy) is 1. The molecule has 0 saturated heterocycles. The van der Waals surface area contributed by atoms with Crippen LogP contribution in [0.4, 0.5) is 0 Å². The molecule has 0 N–H and O–H groups in total. The van der Waals surface area contributed by atoms with E-state index in [4.69, 9.17) is 41.4 Å². The normalized spacial score (nSPS) is 9.19. The third-order valence-electron chi connectivity index (χ3n) is 2.62. The molecule has 0 bridgehead atoms. The van der Waals surface area contributed by atoms with E-state index in [1.54, 1.807) is 7.11 Å². The third kappa shape index (κ3) is 25.1. The summed E-state index contributed by atoms with van der Waals surface area (Å²) in [6, 6.07) is 0. The lowest BCUT2D eigenvalue weighted by molar-refractivity contribution is 0.417. The lowest BCUT2D eigenvalue weighted by atomic mass is 9.91. The average molecular weight is 430 g/mol. The lowest BCUT2D eigenvalue weighted by Crippen LogP contribution is -2.17. The number of likely N-dealkylation sites (N-methyl/N-ethyl adjacent to an activating group) is 1. The molecule has 0 saturated carbocycles. The van der Waals surface area contributed by atoms with E-state index in [0.717, 1.165) is 15.4 Å². The highest BCUT2D eigenvalue weighted by Gasteiger charge is 2.13. The van der Waals surface area contributed by atoms with Crippen molar-refractivity contribution in [2.45, 2.75) is 62.3 Å². The molecule has 0 rings (SSSR count). The van der Waals surface area contributed by atoms with E-state index in [1.807, 2.05) is 58.8 Å². The van der Waals surface area contributed by atoms with Gasteiger partial charge >= 0.3 is 0 Å². The predicted octanol–water partition coefficient (Wildman–Crippen LogP) is 7.14. The highest BCUT2D eigenvalue weighted by atomic mass is 32.1. The second-order valence-corrected chi connectivity index (χ2v) is 9.30. The maximum Gasteiger partial charge on any atom is 0.183 e. The maximum absolute atomic E-state index is 5.19. The lowest BCUT2D eigenvalue weighted by Gasteiger charge is -2.16. The van der Waals surface area contributed by atoms with Crippen LogP contribution < -0.4 is 0 Å². The summed E-state index contributed by atoms with van der Waals surface area (Å²) in [6.07, 6.45) is 5.86. The fraction of sp³-hybridized carbons (Fsp3) is 0.591. The largest absolute Gasteiger partial charge is 0.487 e. The quantitative estimate of drug-likeness (QED) is 0.348. The van der Waals surface area contributed by atoms with Crippen molar-refractivity contribution in [3.05, 3.63) is 34.9 Å². The van der Waals surface area contributed by atoms with Crippen molar-refractivity contribution in [1.82, 2.24) is 4.90 Å². The Morgan fingerprint density at radius 1 is 0.741 bits per heavy atom. The monoisotopic (exact) mass is 429 g/mol. The van der Waals surface area contributed by atoms with Crippen LogP contribution in [0.5, 0.6) is 0 Å². The molecule has 0 atom stereocenters. The summed E-state index contributed by atoms with van der Waals surface area (Å²) in [6.45, 7) is 18.6. The zero-order chi connectivity index (χ0) is 22.4. The first kappa shape index (κ1) is 30.8. The van der Waals surface area contributed by atoms with Crippen LogP contribution in [-0.2, 0) is 4.74 Å². The van der Waals surface area contributed by atoms with Crippen LogP contribution in [0.1, 0.15) is 62.3 Å². The number of allylic oxidation sites excluding steroid dienone is 4. The van der Waals surface area contributed by atoms with E-state index < -0.39 is 0 Å². The van der Waals surface area contributed by atoms with Gasteiger partial charge in [0, 0.05) is 19.0 Å². The van der Waals surface area contributed by atoms with Gasteiger partial charge in [0.1, 0.15) is 4.99 Å². The van der Waals surface area contributed by atoms with E-state index in [-0.39, 0.29) is 5.41 Å². The molecule has 0 aromatic rings.